The number of halogens is 2. The monoisotopic (exact) mass is 372 g/mol. The van der Waals surface area contributed by atoms with Crippen LogP contribution < -0.4 is 4.74 Å². The molecule has 2 aromatic rings. The molecule has 0 unspecified atom stereocenters. The zero-order valence-electron chi connectivity index (χ0n) is 10.1. The van der Waals surface area contributed by atoms with Crippen LogP contribution in [0.1, 0.15) is 10.5 Å². The van der Waals surface area contributed by atoms with Crippen LogP contribution in [0.3, 0.4) is 0 Å². The molecule has 21 heavy (non-hydrogen) atoms. The SMILES string of the molecule is O=C(O)c1ccc([N+](=O)[O-])c(Oc2cc(Br)ccc2Cl)n1. The van der Waals surface area contributed by atoms with E-state index in [-0.39, 0.29) is 16.5 Å². The van der Waals surface area contributed by atoms with E-state index in [1.165, 1.54) is 12.1 Å². The Morgan fingerprint density at radius 3 is 2.71 bits per heavy atom. The molecule has 1 heterocycles. The maximum Gasteiger partial charge on any atom is 0.354 e. The number of rotatable bonds is 4. The Morgan fingerprint density at radius 2 is 2.10 bits per heavy atom. The maximum atomic E-state index is 10.9. The van der Waals surface area contributed by atoms with Gasteiger partial charge in [0.05, 0.1) is 9.95 Å². The summed E-state index contributed by atoms with van der Waals surface area (Å²) in [7, 11) is 0. The van der Waals surface area contributed by atoms with Crippen LogP contribution in [0.4, 0.5) is 5.69 Å². The first kappa shape index (κ1) is 15.2. The number of carboxylic acid groups (broad SMARTS) is 1. The first-order valence-corrected chi connectivity index (χ1v) is 6.57. The lowest BCUT2D eigenvalue weighted by molar-refractivity contribution is -0.386. The van der Waals surface area contributed by atoms with Gasteiger partial charge in [0.25, 0.3) is 0 Å². The Morgan fingerprint density at radius 1 is 1.38 bits per heavy atom. The molecule has 1 aromatic carbocycles. The molecule has 0 radical (unpaired) electrons. The van der Waals surface area contributed by atoms with E-state index in [1.54, 1.807) is 6.07 Å². The first-order chi connectivity index (χ1) is 9.88. The molecule has 0 aliphatic carbocycles. The molecule has 0 bridgehead atoms. The highest BCUT2D eigenvalue weighted by molar-refractivity contribution is 9.10. The van der Waals surface area contributed by atoms with E-state index < -0.39 is 22.5 Å². The van der Waals surface area contributed by atoms with Gasteiger partial charge in [-0.2, -0.15) is 4.98 Å². The summed E-state index contributed by atoms with van der Waals surface area (Å²) in [6.45, 7) is 0. The molecule has 0 saturated carbocycles. The van der Waals surface area contributed by atoms with Crippen LogP contribution in [0.5, 0.6) is 11.6 Å². The number of benzene rings is 1. The van der Waals surface area contributed by atoms with Crippen molar-refractivity contribution in [3.05, 3.63) is 55.6 Å². The van der Waals surface area contributed by atoms with Crippen molar-refractivity contribution >= 4 is 39.2 Å². The summed E-state index contributed by atoms with van der Waals surface area (Å²) in [4.78, 5) is 24.7. The second kappa shape index (κ2) is 6.06. The van der Waals surface area contributed by atoms with Crippen molar-refractivity contribution in [3.8, 4) is 11.6 Å². The number of hydrogen-bond acceptors (Lipinski definition) is 5. The van der Waals surface area contributed by atoms with Crippen LogP contribution in [0.2, 0.25) is 5.02 Å². The normalized spacial score (nSPS) is 10.2. The fourth-order valence-corrected chi connectivity index (χ4v) is 1.92. The number of carbonyl (C=O) groups is 1. The molecule has 1 aromatic heterocycles. The number of ether oxygens (including phenoxy) is 1. The van der Waals surface area contributed by atoms with Gasteiger partial charge in [0.2, 0.25) is 0 Å². The largest absolute Gasteiger partial charge is 0.477 e. The zero-order valence-corrected chi connectivity index (χ0v) is 12.5. The summed E-state index contributed by atoms with van der Waals surface area (Å²) in [5, 5.41) is 20.0. The van der Waals surface area contributed by atoms with Crippen LogP contribution >= 0.6 is 27.5 Å². The van der Waals surface area contributed by atoms with Gasteiger partial charge in [-0.3, -0.25) is 10.1 Å². The summed E-state index contributed by atoms with van der Waals surface area (Å²) in [6, 6.07) is 6.70. The molecular formula is C12H6BrClN2O5. The number of nitro groups is 1. The Hall–Kier alpha value is -2.19. The highest BCUT2D eigenvalue weighted by atomic mass is 79.9. The fraction of sp³-hybridized carbons (Fsp3) is 0. The zero-order chi connectivity index (χ0) is 15.6. The third-order valence-corrected chi connectivity index (χ3v) is 3.16. The molecule has 1 N–H and O–H groups in total. The molecule has 9 heteroatoms. The molecule has 108 valence electrons. The Labute approximate surface area is 131 Å². The van der Waals surface area contributed by atoms with Gasteiger partial charge in [-0.1, -0.05) is 27.5 Å². The van der Waals surface area contributed by atoms with Crippen molar-refractivity contribution in [2.24, 2.45) is 0 Å². The lowest BCUT2D eigenvalue weighted by atomic mass is 10.3. The third-order valence-electron chi connectivity index (χ3n) is 2.36. The van der Waals surface area contributed by atoms with Crippen molar-refractivity contribution in [1.29, 1.82) is 0 Å². The lowest BCUT2D eigenvalue weighted by Crippen LogP contribution is -2.04. The number of aromatic carboxylic acids is 1. The van der Waals surface area contributed by atoms with Crippen molar-refractivity contribution < 1.29 is 19.6 Å². The van der Waals surface area contributed by atoms with Gasteiger partial charge < -0.3 is 9.84 Å². The Bertz CT molecular complexity index is 738. The second-order valence-electron chi connectivity index (χ2n) is 3.76. The van der Waals surface area contributed by atoms with Gasteiger partial charge in [0.15, 0.2) is 5.69 Å². The summed E-state index contributed by atoms with van der Waals surface area (Å²) < 4.78 is 5.93. The summed E-state index contributed by atoms with van der Waals surface area (Å²) in [6.07, 6.45) is 0. The minimum Gasteiger partial charge on any atom is -0.477 e. The van der Waals surface area contributed by atoms with Crippen LogP contribution in [0, 0.1) is 10.1 Å². The number of nitrogens with zero attached hydrogens (tertiary/aromatic N) is 2. The van der Waals surface area contributed by atoms with E-state index >= 15 is 0 Å². The molecule has 0 amide bonds. The van der Waals surface area contributed by atoms with Gasteiger partial charge >= 0.3 is 17.5 Å². The van der Waals surface area contributed by atoms with E-state index in [9.17, 15) is 14.9 Å². The van der Waals surface area contributed by atoms with Crippen LogP contribution in [0.15, 0.2) is 34.8 Å². The standard InChI is InChI=1S/C12H6BrClN2O5/c13-6-1-2-7(14)10(5-6)21-11-9(16(19)20)4-3-8(15-11)12(17)18/h1-5H,(H,17,18). The van der Waals surface area contributed by atoms with Crippen molar-refractivity contribution in [1.82, 2.24) is 4.98 Å². The second-order valence-corrected chi connectivity index (χ2v) is 5.08. The smallest absolute Gasteiger partial charge is 0.354 e. The van der Waals surface area contributed by atoms with Gasteiger partial charge in [0, 0.05) is 10.5 Å². The summed E-state index contributed by atoms with van der Waals surface area (Å²) >= 11 is 9.13. The Balaban J connectivity index is 2.50. The van der Waals surface area contributed by atoms with Crippen molar-refractivity contribution in [2.45, 2.75) is 0 Å². The number of aromatic nitrogens is 1. The molecule has 0 atom stereocenters. The van der Waals surface area contributed by atoms with Crippen LogP contribution in [-0.4, -0.2) is 21.0 Å². The minimum absolute atomic E-state index is 0.115. The third kappa shape index (κ3) is 3.47. The number of carboxylic acids is 1. The van der Waals surface area contributed by atoms with Gasteiger partial charge in [0.1, 0.15) is 5.75 Å². The van der Waals surface area contributed by atoms with Gasteiger partial charge in [-0.15, -0.1) is 0 Å². The fourth-order valence-electron chi connectivity index (χ4n) is 1.43. The molecular weight excluding hydrogens is 367 g/mol. The molecule has 0 fully saturated rings. The first-order valence-electron chi connectivity index (χ1n) is 5.40. The highest BCUT2D eigenvalue weighted by Gasteiger charge is 2.21. The van der Waals surface area contributed by atoms with Crippen LogP contribution in [-0.2, 0) is 0 Å². The number of hydrogen-bond donors (Lipinski definition) is 1. The summed E-state index contributed by atoms with van der Waals surface area (Å²) in [5.41, 5.74) is -0.835. The quantitative estimate of drug-likeness (QED) is 0.644. The van der Waals surface area contributed by atoms with E-state index in [4.69, 9.17) is 21.4 Å². The van der Waals surface area contributed by atoms with Crippen molar-refractivity contribution in [3.63, 3.8) is 0 Å². The topological polar surface area (TPSA) is 103 Å². The van der Waals surface area contributed by atoms with E-state index in [0.29, 0.717) is 4.47 Å². The summed E-state index contributed by atoms with van der Waals surface area (Å²) in [5.74, 6) is -1.65. The van der Waals surface area contributed by atoms with Crippen LogP contribution in [0.25, 0.3) is 0 Å². The van der Waals surface area contributed by atoms with Gasteiger partial charge in [-0.25, -0.2) is 4.79 Å². The molecule has 0 aliphatic rings. The molecule has 2 rings (SSSR count). The van der Waals surface area contributed by atoms with Crippen molar-refractivity contribution in [2.75, 3.05) is 0 Å². The molecule has 0 aliphatic heterocycles. The predicted octanol–water partition coefficient (Wildman–Crippen LogP) is 3.90. The Kier molecular flexibility index (Phi) is 4.39. The highest BCUT2D eigenvalue weighted by Crippen LogP contribution is 2.35. The average Bonchev–Trinajstić information content (AvgIpc) is 2.42. The van der Waals surface area contributed by atoms with Gasteiger partial charge in [-0.05, 0) is 24.3 Å². The van der Waals surface area contributed by atoms with E-state index in [0.717, 1.165) is 12.1 Å². The minimum atomic E-state index is -1.32. The van der Waals surface area contributed by atoms with E-state index in [1.807, 2.05) is 0 Å². The average molecular weight is 374 g/mol. The molecule has 0 saturated heterocycles. The lowest BCUT2D eigenvalue weighted by Gasteiger charge is -2.08. The maximum absolute atomic E-state index is 10.9. The predicted molar refractivity (Wildman–Crippen MR) is 77.1 cm³/mol. The van der Waals surface area contributed by atoms with E-state index in [2.05, 4.69) is 20.9 Å². The number of pyridine rings is 1. The molecule has 0 spiro atoms. The molecule has 7 nitrogen and oxygen atoms in total.